The summed E-state index contributed by atoms with van der Waals surface area (Å²) in [6.07, 6.45) is 2.09. The van der Waals surface area contributed by atoms with Crippen LogP contribution in [-0.4, -0.2) is 30.4 Å². The van der Waals surface area contributed by atoms with Crippen molar-refractivity contribution >= 4 is 11.9 Å². The lowest BCUT2D eigenvalue weighted by Crippen LogP contribution is -2.46. The first-order valence-corrected chi connectivity index (χ1v) is 12.1. The Hall–Kier alpha value is -2.66. The lowest BCUT2D eigenvalue weighted by molar-refractivity contribution is -0.130. The molecule has 0 aliphatic rings. The average molecular weight is 456 g/mol. The average Bonchev–Trinajstić information content (AvgIpc) is 2.81. The minimum Gasteiger partial charge on any atom is -0.333 e. The predicted molar refractivity (Wildman–Crippen MR) is 141 cm³/mol. The van der Waals surface area contributed by atoms with Crippen LogP contribution in [0.2, 0.25) is 0 Å². The van der Waals surface area contributed by atoms with Crippen molar-refractivity contribution in [1.29, 1.82) is 0 Å². The van der Waals surface area contributed by atoms with E-state index in [0.717, 1.165) is 29.5 Å². The van der Waals surface area contributed by atoms with Gasteiger partial charge in [-0.05, 0) is 42.5 Å². The van der Waals surface area contributed by atoms with Crippen molar-refractivity contribution in [3.63, 3.8) is 0 Å². The summed E-state index contributed by atoms with van der Waals surface area (Å²) in [6.45, 7) is 14.5. The van der Waals surface area contributed by atoms with Crippen molar-refractivity contribution in [2.45, 2.75) is 73.8 Å². The number of nitrogens with two attached hydrogens (primary N) is 1. The Bertz CT molecular complexity index is 796. The number of carbonyl (C=O) groups excluding carboxylic acids is 2. The second-order valence-corrected chi connectivity index (χ2v) is 8.80. The molecule has 2 aromatic rings. The Morgan fingerprint density at radius 1 is 0.939 bits per heavy atom. The van der Waals surface area contributed by atoms with E-state index in [2.05, 4.69) is 42.2 Å². The smallest absolute Gasteiger partial charge is 0.324 e. The summed E-state index contributed by atoms with van der Waals surface area (Å²) in [5.74, 6) is -0.116. The van der Waals surface area contributed by atoms with Crippen LogP contribution in [0.5, 0.6) is 0 Å². The van der Waals surface area contributed by atoms with Crippen LogP contribution in [0.15, 0.2) is 54.6 Å². The fourth-order valence-electron chi connectivity index (χ4n) is 3.15. The molecule has 5 nitrogen and oxygen atoms in total. The van der Waals surface area contributed by atoms with Crippen LogP contribution in [-0.2, 0) is 4.79 Å². The Labute approximate surface area is 201 Å². The molecule has 3 N–H and O–H groups in total. The van der Waals surface area contributed by atoms with Crippen molar-refractivity contribution < 1.29 is 9.59 Å². The zero-order valence-corrected chi connectivity index (χ0v) is 21.9. The number of rotatable bonds is 7. The van der Waals surface area contributed by atoms with Gasteiger partial charge in [0.05, 0.1) is 6.04 Å². The van der Waals surface area contributed by atoms with Crippen LogP contribution in [0.4, 0.5) is 4.79 Å². The Kier molecular flexibility index (Phi) is 14.7. The van der Waals surface area contributed by atoms with Gasteiger partial charge in [0.15, 0.2) is 0 Å². The number of imide groups is 1. The molecule has 2 rings (SSSR count). The van der Waals surface area contributed by atoms with Gasteiger partial charge in [0.2, 0.25) is 5.91 Å². The van der Waals surface area contributed by atoms with Crippen molar-refractivity contribution in [3.05, 3.63) is 60.2 Å². The second kappa shape index (κ2) is 16.0. The zero-order chi connectivity index (χ0) is 25.4. The van der Waals surface area contributed by atoms with Crippen LogP contribution >= 0.6 is 0 Å². The topological polar surface area (TPSA) is 75.4 Å². The molecular weight excluding hydrogens is 410 g/mol. The first-order valence-electron chi connectivity index (χ1n) is 12.1. The summed E-state index contributed by atoms with van der Waals surface area (Å²) in [4.78, 5) is 26.9. The Morgan fingerprint density at radius 2 is 1.45 bits per heavy atom. The number of hydrogen-bond donors (Lipinski definition) is 2. The molecule has 5 heteroatoms. The normalized spacial score (nSPS) is 11.2. The third kappa shape index (κ3) is 11.2. The molecule has 0 bridgehead atoms. The molecular formula is C28H45N3O2. The van der Waals surface area contributed by atoms with Crippen molar-refractivity contribution in [2.24, 2.45) is 11.1 Å². The third-order valence-corrected chi connectivity index (χ3v) is 4.82. The number of amides is 3. The lowest BCUT2D eigenvalue weighted by Gasteiger charge is -2.27. The molecule has 0 fully saturated rings. The molecule has 0 aliphatic heterocycles. The number of unbranched alkanes of at least 4 members (excludes halogenated alkanes) is 1. The fourth-order valence-corrected chi connectivity index (χ4v) is 3.15. The summed E-state index contributed by atoms with van der Waals surface area (Å²) >= 11 is 0. The van der Waals surface area contributed by atoms with Crippen LogP contribution in [0, 0.1) is 5.41 Å². The number of urea groups is 1. The maximum absolute atomic E-state index is 12.8. The van der Waals surface area contributed by atoms with Crippen LogP contribution in [0.1, 0.15) is 79.3 Å². The van der Waals surface area contributed by atoms with Crippen molar-refractivity contribution in [1.82, 2.24) is 10.2 Å². The van der Waals surface area contributed by atoms with Crippen molar-refractivity contribution in [3.8, 4) is 11.1 Å². The summed E-state index contributed by atoms with van der Waals surface area (Å²) < 4.78 is 0. The van der Waals surface area contributed by atoms with Crippen LogP contribution in [0.3, 0.4) is 0 Å². The summed E-state index contributed by atoms with van der Waals surface area (Å²) in [6, 6.07) is 17.9. The Morgan fingerprint density at radius 3 is 1.94 bits per heavy atom. The number of carbonyl (C=O) groups is 2. The second-order valence-electron chi connectivity index (χ2n) is 8.80. The van der Waals surface area contributed by atoms with Gasteiger partial charge < -0.3 is 11.1 Å². The summed E-state index contributed by atoms with van der Waals surface area (Å²) in [5.41, 5.74) is 7.66. The summed E-state index contributed by atoms with van der Waals surface area (Å²) in [5, 5.41) is 3.00. The molecule has 2 aromatic carbocycles. The first kappa shape index (κ1) is 30.3. The van der Waals surface area contributed by atoms with Gasteiger partial charge in [0.25, 0.3) is 0 Å². The monoisotopic (exact) mass is 455 g/mol. The molecule has 1 atom stereocenters. The van der Waals surface area contributed by atoms with Gasteiger partial charge >= 0.3 is 6.03 Å². The number of benzene rings is 2. The summed E-state index contributed by atoms with van der Waals surface area (Å²) in [7, 11) is 1.50. The van der Waals surface area contributed by atoms with E-state index in [1.54, 1.807) is 0 Å². The molecule has 0 radical (unpaired) electrons. The largest absolute Gasteiger partial charge is 0.333 e. The molecule has 1 unspecified atom stereocenters. The molecule has 0 spiro atoms. The molecule has 0 saturated heterocycles. The van der Waals surface area contributed by atoms with Gasteiger partial charge in [-0.3, -0.25) is 9.69 Å². The SMILES string of the molecule is CC.CCCCN(C(=O)CC(C)(C)C)C(=O)NC(C)c1ccc(-c2ccccc2)cc1.CN. The first-order chi connectivity index (χ1) is 15.7. The van der Waals surface area contributed by atoms with E-state index in [9.17, 15) is 9.59 Å². The highest BCUT2D eigenvalue weighted by molar-refractivity contribution is 5.94. The number of nitrogens with zero attached hydrogens (tertiary/aromatic N) is 1. The van der Waals surface area contributed by atoms with Gasteiger partial charge in [-0.15, -0.1) is 0 Å². The van der Waals surface area contributed by atoms with Gasteiger partial charge in [0, 0.05) is 13.0 Å². The zero-order valence-electron chi connectivity index (χ0n) is 21.9. The van der Waals surface area contributed by atoms with Gasteiger partial charge in [-0.25, -0.2) is 4.79 Å². The highest BCUT2D eigenvalue weighted by atomic mass is 16.2. The molecule has 0 aromatic heterocycles. The fraction of sp³-hybridized carbons (Fsp3) is 0.500. The predicted octanol–water partition coefficient (Wildman–Crippen LogP) is 6.79. The van der Waals surface area contributed by atoms with E-state index in [1.165, 1.54) is 11.9 Å². The Balaban J connectivity index is 0.00000242. The highest BCUT2D eigenvalue weighted by Crippen LogP contribution is 2.23. The molecule has 0 saturated carbocycles. The quantitative estimate of drug-likeness (QED) is 0.482. The number of nitrogens with one attached hydrogen (secondary N) is 1. The van der Waals surface area contributed by atoms with Crippen LogP contribution < -0.4 is 11.1 Å². The maximum atomic E-state index is 12.8. The van der Waals surface area contributed by atoms with Gasteiger partial charge in [0.1, 0.15) is 0 Å². The highest BCUT2D eigenvalue weighted by Gasteiger charge is 2.26. The van der Waals surface area contributed by atoms with E-state index in [0.29, 0.717) is 13.0 Å². The van der Waals surface area contributed by atoms with Crippen molar-refractivity contribution in [2.75, 3.05) is 13.6 Å². The molecule has 3 amide bonds. The molecule has 184 valence electrons. The van der Waals surface area contributed by atoms with E-state index in [-0.39, 0.29) is 23.4 Å². The lowest BCUT2D eigenvalue weighted by atomic mass is 9.91. The standard InChI is InChI=1S/C25H34N2O2.C2H6.CH5N/c1-6-7-17-27(23(28)18-25(3,4)5)24(29)26-19(2)20-13-15-22(16-14-20)21-11-9-8-10-12-21;2*1-2/h8-16,19H,6-7,17-18H2,1-5H3,(H,26,29);1-2H3;2H2,1H3. The third-order valence-electron chi connectivity index (χ3n) is 4.82. The minimum atomic E-state index is -0.313. The van der Waals surface area contributed by atoms with E-state index in [4.69, 9.17) is 0 Å². The van der Waals surface area contributed by atoms with E-state index >= 15 is 0 Å². The molecule has 0 aliphatic carbocycles. The number of hydrogen-bond acceptors (Lipinski definition) is 3. The minimum absolute atomic E-state index is 0.116. The molecule has 0 heterocycles. The van der Waals surface area contributed by atoms with E-state index in [1.807, 2.05) is 71.9 Å². The molecule has 33 heavy (non-hydrogen) atoms. The van der Waals surface area contributed by atoms with Gasteiger partial charge in [-0.1, -0.05) is 103 Å². The maximum Gasteiger partial charge on any atom is 0.324 e. The van der Waals surface area contributed by atoms with Crippen LogP contribution in [0.25, 0.3) is 11.1 Å². The van der Waals surface area contributed by atoms with E-state index < -0.39 is 0 Å². The van der Waals surface area contributed by atoms with Gasteiger partial charge in [-0.2, -0.15) is 0 Å².